The molecule has 0 aliphatic carbocycles. The molecular weight excluding hydrogens is 312 g/mol. The van der Waals surface area contributed by atoms with Gasteiger partial charge in [-0.05, 0) is 18.1 Å². The lowest BCUT2D eigenvalue weighted by Crippen LogP contribution is -2.21. The zero-order chi connectivity index (χ0) is 17.3. The minimum absolute atomic E-state index is 0.223. The summed E-state index contributed by atoms with van der Waals surface area (Å²) < 4.78 is 7.85. The summed E-state index contributed by atoms with van der Waals surface area (Å²) in [6.45, 7) is 4.73. The molecule has 0 spiro atoms. The summed E-state index contributed by atoms with van der Waals surface area (Å²) in [6.07, 6.45) is 2.70. The molecule has 0 atom stereocenters. The first-order valence-electron chi connectivity index (χ1n) is 8.39. The number of benzene rings is 2. The summed E-state index contributed by atoms with van der Waals surface area (Å²) in [5.41, 5.74) is 2.09. The van der Waals surface area contributed by atoms with Crippen LogP contribution in [0.2, 0.25) is 0 Å². The van der Waals surface area contributed by atoms with Crippen molar-refractivity contribution in [2.24, 2.45) is 0 Å². The number of aromatic nitrogens is 4. The van der Waals surface area contributed by atoms with Crippen LogP contribution >= 0.6 is 0 Å². The van der Waals surface area contributed by atoms with Crippen LogP contribution in [0, 0.1) is 0 Å². The molecule has 25 heavy (non-hydrogen) atoms. The summed E-state index contributed by atoms with van der Waals surface area (Å²) in [6, 6.07) is 18.5. The van der Waals surface area contributed by atoms with Crippen LogP contribution in [-0.4, -0.2) is 20.0 Å². The molecule has 5 nitrogen and oxygen atoms in total. The van der Waals surface area contributed by atoms with Gasteiger partial charge in [0, 0.05) is 10.8 Å². The smallest absolute Gasteiger partial charge is 0.237 e. The van der Waals surface area contributed by atoms with E-state index < -0.39 is 0 Å². The predicted molar refractivity (Wildman–Crippen MR) is 96.3 cm³/mol. The third kappa shape index (κ3) is 3.18. The molecule has 0 bridgehead atoms. The molecule has 4 rings (SSSR count). The molecule has 2 aromatic heterocycles. The number of para-hydroxylation sites is 1. The van der Waals surface area contributed by atoms with Crippen LogP contribution < -0.4 is 0 Å². The van der Waals surface area contributed by atoms with Crippen molar-refractivity contribution in [3.8, 4) is 0 Å². The Hall–Kier alpha value is -2.95. The molecule has 0 unspecified atom stereocenters. The Morgan fingerprint density at radius 1 is 0.960 bits per heavy atom. The lowest BCUT2D eigenvalue weighted by molar-refractivity contribution is 0.345. The fourth-order valence-corrected chi connectivity index (χ4v) is 3.05. The van der Waals surface area contributed by atoms with Crippen molar-refractivity contribution in [2.45, 2.75) is 32.2 Å². The molecule has 2 aromatic carbocycles. The molecule has 0 saturated heterocycles. The molecule has 126 valence electrons. The van der Waals surface area contributed by atoms with Crippen molar-refractivity contribution in [3.63, 3.8) is 0 Å². The highest BCUT2D eigenvalue weighted by Gasteiger charge is 2.28. The van der Waals surface area contributed by atoms with E-state index in [4.69, 9.17) is 4.42 Å². The van der Waals surface area contributed by atoms with Gasteiger partial charge in [0.25, 0.3) is 0 Å². The van der Waals surface area contributed by atoms with Gasteiger partial charge in [-0.15, -0.1) is 10.2 Å². The normalized spacial score (nSPS) is 11.9. The van der Waals surface area contributed by atoms with Crippen LogP contribution in [0.3, 0.4) is 0 Å². The van der Waals surface area contributed by atoms with Crippen molar-refractivity contribution in [1.82, 2.24) is 20.0 Å². The van der Waals surface area contributed by atoms with E-state index in [9.17, 15) is 0 Å². The van der Waals surface area contributed by atoms with Gasteiger partial charge in [0.15, 0.2) is 0 Å². The first kappa shape index (κ1) is 15.6. The Balaban J connectivity index is 1.55. The van der Waals surface area contributed by atoms with E-state index in [1.165, 1.54) is 5.56 Å². The summed E-state index contributed by atoms with van der Waals surface area (Å²) in [5.74, 6) is 1.23. The van der Waals surface area contributed by atoms with Gasteiger partial charge in [-0.1, -0.05) is 62.4 Å². The number of fused-ring (bicyclic) bond motifs is 1. The first-order valence-corrected chi connectivity index (χ1v) is 8.39. The van der Waals surface area contributed by atoms with E-state index >= 15 is 0 Å². The van der Waals surface area contributed by atoms with E-state index in [0.717, 1.165) is 17.3 Å². The predicted octanol–water partition coefficient (Wildman–Crippen LogP) is 3.99. The Morgan fingerprint density at radius 2 is 1.72 bits per heavy atom. The molecule has 4 aromatic rings. The van der Waals surface area contributed by atoms with Crippen molar-refractivity contribution in [1.29, 1.82) is 0 Å². The van der Waals surface area contributed by atoms with E-state index in [-0.39, 0.29) is 5.41 Å². The van der Waals surface area contributed by atoms with E-state index in [0.29, 0.717) is 18.3 Å². The first-order chi connectivity index (χ1) is 12.1. The quantitative estimate of drug-likeness (QED) is 0.554. The molecule has 0 fully saturated rings. The average Bonchev–Trinajstić information content (AvgIpc) is 3.24. The summed E-state index contributed by atoms with van der Waals surface area (Å²) in [4.78, 5) is 0. The molecule has 2 heterocycles. The minimum atomic E-state index is -0.223. The van der Waals surface area contributed by atoms with E-state index in [1.807, 2.05) is 53.3 Å². The molecule has 0 aliphatic rings. The second kappa shape index (κ2) is 6.16. The maximum atomic E-state index is 5.96. The zero-order valence-corrected chi connectivity index (χ0v) is 14.4. The van der Waals surface area contributed by atoms with Gasteiger partial charge in [-0.25, -0.2) is 0 Å². The van der Waals surface area contributed by atoms with Gasteiger partial charge in [-0.2, -0.15) is 5.10 Å². The summed E-state index contributed by atoms with van der Waals surface area (Å²) >= 11 is 0. The Bertz CT molecular complexity index is 985. The van der Waals surface area contributed by atoms with Crippen LogP contribution in [0.15, 0.2) is 65.2 Å². The zero-order valence-electron chi connectivity index (χ0n) is 14.4. The van der Waals surface area contributed by atoms with Crippen LogP contribution in [0.4, 0.5) is 0 Å². The molecule has 0 aliphatic heterocycles. The SMILES string of the molecule is CC(C)(Cc1ccccc1)c1nnc(Cn2ncc3ccccc32)o1. The summed E-state index contributed by atoms with van der Waals surface area (Å²) in [7, 11) is 0. The van der Waals surface area contributed by atoms with Gasteiger partial charge < -0.3 is 4.42 Å². The Labute approximate surface area is 146 Å². The van der Waals surface area contributed by atoms with Crippen LogP contribution in [0.5, 0.6) is 0 Å². The summed E-state index contributed by atoms with van der Waals surface area (Å²) in [5, 5.41) is 14.0. The van der Waals surface area contributed by atoms with Gasteiger partial charge in [0.05, 0.1) is 11.7 Å². The number of rotatable bonds is 5. The molecule has 0 saturated carbocycles. The fourth-order valence-electron chi connectivity index (χ4n) is 3.05. The van der Waals surface area contributed by atoms with E-state index in [2.05, 4.69) is 41.3 Å². The molecule has 0 N–H and O–H groups in total. The highest BCUT2D eigenvalue weighted by molar-refractivity contribution is 5.78. The standard InChI is InChI=1S/C20H20N4O/c1-20(2,12-15-8-4-3-5-9-15)19-23-22-18(25-19)14-24-17-11-7-6-10-16(17)13-21-24/h3-11,13H,12,14H2,1-2H3. The van der Waals surface area contributed by atoms with E-state index in [1.54, 1.807) is 0 Å². The van der Waals surface area contributed by atoms with Crippen LogP contribution in [0.1, 0.15) is 31.2 Å². The Kier molecular flexibility index (Phi) is 3.84. The molecular formula is C20H20N4O. The third-order valence-corrected chi connectivity index (χ3v) is 4.37. The van der Waals surface area contributed by atoms with Crippen molar-refractivity contribution in [3.05, 3.63) is 78.1 Å². The maximum absolute atomic E-state index is 5.96. The second-order valence-corrected chi connectivity index (χ2v) is 6.91. The second-order valence-electron chi connectivity index (χ2n) is 6.91. The van der Waals surface area contributed by atoms with Crippen LogP contribution in [0.25, 0.3) is 10.9 Å². The largest absolute Gasteiger partial charge is 0.423 e. The third-order valence-electron chi connectivity index (χ3n) is 4.37. The minimum Gasteiger partial charge on any atom is -0.423 e. The monoisotopic (exact) mass is 332 g/mol. The Morgan fingerprint density at radius 3 is 2.56 bits per heavy atom. The van der Waals surface area contributed by atoms with Gasteiger partial charge in [0.2, 0.25) is 11.8 Å². The topological polar surface area (TPSA) is 56.7 Å². The highest BCUT2D eigenvalue weighted by atomic mass is 16.4. The molecule has 0 radical (unpaired) electrons. The van der Waals surface area contributed by atoms with Crippen molar-refractivity contribution >= 4 is 10.9 Å². The number of nitrogens with zero attached hydrogens (tertiary/aromatic N) is 4. The molecule has 5 heteroatoms. The maximum Gasteiger partial charge on any atom is 0.237 e. The lowest BCUT2D eigenvalue weighted by atomic mass is 9.86. The van der Waals surface area contributed by atoms with Crippen molar-refractivity contribution < 1.29 is 4.42 Å². The van der Waals surface area contributed by atoms with Gasteiger partial charge in [0.1, 0.15) is 6.54 Å². The average molecular weight is 332 g/mol. The fraction of sp³-hybridized carbons (Fsp3) is 0.250. The lowest BCUT2D eigenvalue weighted by Gasteiger charge is -2.19. The van der Waals surface area contributed by atoms with Gasteiger partial charge in [-0.3, -0.25) is 4.68 Å². The van der Waals surface area contributed by atoms with Crippen molar-refractivity contribution in [2.75, 3.05) is 0 Å². The number of hydrogen-bond donors (Lipinski definition) is 0. The van der Waals surface area contributed by atoms with Crippen LogP contribution in [-0.2, 0) is 18.4 Å². The highest BCUT2D eigenvalue weighted by Crippen LogP contribution is 2.27. The number of hydrogen-bond acceptors (Lipinski definition) is 4. The molecule has 0 amide bonds. The van der Waals surface area contributed by atoms with Gasteiger partial charge >= 0.3 is 0 Å².